The molecule has 1 fully saturated rings. The van der Waals surface area contributed by atoms with Crippen molar-refractivity contribution in [1.82, 2.24) is 0 Å². The molecular weight excluding hydrogens is 244 g/mol. The summed E-state index contributed by atoms with van der Waals surface area (Å²) in [7, 11) is 1.33. The lowest BCUT2D eigenvalue weighted by Gasteiger charge is -2.29. The van der Waals surface area contributed by atoms with Crippen molar-refractivity contribution in [1.29, 1.82) is 0 Å². The quantitative estimate of drug-likeness (QED) is 0.616. The van der Waals surface area contributed by atoms with Crippen molar-refractivity contribution in [2.75, 3.05) is 7.11 Å². The Labute approximate surface area is 115 Å². The van der Waals surface area contributed by atoms with E-state index in [-0.39, 0.29) is 24.0 Å². The molecule has 1 rings (SSSR count). The lowest BCUT2D eigenvalue weighted by atomic mass is 9.84. The van der Waals surface area contributed by atoms with Gasteiger partial charge in [-0.25, -0.2) is 0 Å². The monoisotopic (exact) mass is 272 g/mol. The predicted octanol–water partition coefficient (Wildman–Crippen LogP) is 0.637. The molecular formula is C14H28N2O3. The molecule has 5 nitrogen and oxygen atoms in total. The number of aliphatic hydroxyl groups is 1. The molecule has 5 atom stereocenters. The van der Waals surface area contributed by atoms with E-state index in [1.54, 1.807) is 0 Å². The van der Waals surface area contributed by atoms with Crippen LogP contribution in [0.5, 0.6) is 0 Å². The van der Waals surface area contributed by atoms with Crippen molar-refractivity contribution < 1.29 is 14.6 Å². The van der Waals surface area contributed by atoms with Crippen LogP contribution in [0.15, 0.2) is 0 Å². The maximum Gasteiger partial charge on any atom is 0.311 e. The second kappa shape index (κ2) is 7.22. The number of nitrogens with two attached hydrogens (primary N) is 2. The van der Waals surface area contributed by atoms with Crippen molar-refractivity contribution >= 4 is 5.97 Å². The maximum atomic E-state index is 11.6. The van der Waals surface area contributed by atoms with Crippen LogP contribution >= 0.6 is 0 Å². The van der Waals surface area contributed by atoms with Crippen LogP contribution in [0.25, 0.3) is 0 Å². The number of aliphatic hydroxyl groups excluding tert-OH is 1. The standard InChI is InChI=1S/C14H28N2O3/c1-4-8(5-2)6-10(15)12-11(16)7-9(13(12)17)14(18)19-3/h8-13,17H,4-7,15-16H2,1-3H3. The average Bonchev–Trinajstić information content (AvgIpc) is 2.70. The number of ether oxygens (including phenoxy) is 1. The lowest BCUT2D eigenvalue weighted by molar-refractivity contribution is -0.148. The minimum atomic E-state index is -0.785. The van der Waals surface area contributed by atoms with Crippen molar-refractivity contribution in [3.63, 3.8) is 0 Å². The minimum absolute atomic E-state index is 0.162. The van der Waals surface area contributed by atoms with E-state index in [1.807, 2.05) is 0 Å². The Kier molecular flexibility index (Phi) is 6.23. The number of hydrogen-bond acceptors (Lipinski definition) is 5. The van der Waals surface area contributed by atoms with Gasteiger partial charge in [-0.3, -0.25) is 4.79 Å². The summed E-state index contributed by atoms with van der Waals surface area (Å²) >= 11 is 0. The Morgan fingerprint density at radius 3 is 2.47 bits per heavy atom. The fourth-order valence-electron chi connectivity index (χ4n) is 3.23. The molecule has 0 spiro atoms. The molecule has 0 aromatic rings. The van der Waals surface area contributed by atoms with Gasteiger partial charge in [-0.1, -0.05) is 26.7 Å². The van der Waals surface area contributed by atoms with E-state index in [2.05, 4.69) is 13.8 Å². The summed E-state index contributed by atoms with van der Waals surface area (Å²) in [6.45, 7) is 4.28. The second-order valence-corrected chi connectivity index (χ2v) is 5.68. The number of carbonyl (C=O) groups excluding carboxylic acids is 1. The van der Waals surface area contributed by atoms with Crippen LogP contribution < -0.4 is 11.5 Å². The molecule has 1 aliphatic rings. The third-order valence-electron chi connectivity index (χ3n) is 4.59. The summed E-state index contributed by atoms with van der Waals surface area (Å²) in [6.07, 6.45) is 2.66. The fourth-order valence-corrected chi connectivity index (χ4v) is 3.23. The van der Waals surface area contributed by atoms with E-state index in [9.17, 15) is 9.90 Å². The Morgan fingerprint density at radius 2 is 2.00 bits per heavy atom. The topological polar surface area (TPSA) is 98.6 Å². The summed E-state index contributed by atoms with van der Waals surface area (Å²) in [5.74, 6) is -0.589. The molecule has 0 aliphatic heterocycles. The molecule has 0 aromatic carbocycles. The lowest BCUT2D eigenvalue weighted by Crippen LogP contribution is -2.45. The molecule has 5 unspecified atom stereocenters. The smallest absolute Gasteiger partial charge is 0.311 e. The van der Waals surface area contributed by atoms with Crippen LogP contribution in [0.1, 0.15) is 39.5 Å². The van der Waals surface area contributed by atoms with Crippen molar-refractivity contribution in [3.8, 4) is 0 Å². The summed E-state index contributed by atoms with van der Waals surface area (Å²) in [5, 5.41) is 10.3. The van der Waals surface area contributed by atoms with Gasteiger partial charge in [0.15, 0.2) is 0 Å². The normalized spacial score (nSPS) is 32.6. The average molecular weight is 272 g/mol. The molecule has 1 saturated carbocycles. The van der Waals surface area contributed by atoms with Gasteiger partial charge in [0.2, 0.25) is 0 Å². The first-order valence-electron chi connectivity index (χ1n) is 7.23. The van der Waals surface area contributed by atoms with Gasteiger partial charge in [-0.05, 0) is 18.8 Å². The van der Waals surface area contributed by atoms with E-state index < -0.39 is 12.0 Å². The second-order valence-electron chi connectivity index (χ2n) is 5.68. The van der Waals surface area contributed by atoms with Gasteiger partial charge in [0.1, 0.15) is 0 Å². The zero-order valence-electron chi connectivity index (χ0n) is 12.2. The van der Waals surface area contributed by atoms with Crippen LogP contribution in [-0.2, 0) is 9.53 Å². The molecule has 0 aromatic heterocycles. The van der Waals surface area contributed by atoms with Crippen molar-refractivity contribution in [2.45, 2.75) is 57.7 Å². The van der Waals surface area contributed by atoms with Gasteiger partial charge in [-0.15, -0.1) is 0 Å². The van der Waals surface area contributed by atoms with Crippen LogP contribution in [0.2, 0.25) is 0 Å². The Hall–Kier alpha value is -0.650. The van der Waals surface area contributed by atoms with Crippen LogP contribution in [0.4, 0.5) is 0 Å². The molecule has 0 heterocycles. The Morgan fingerprint density at radius 1 is 1.42 bits per heavy atom. The van der Waals surface area contributed by atoms with E-state index >= 15 is 0 Å². The van der Waals surface area contributed by atoms with E-state index in [4.69, 9.17) is 16.2 Å². The number of methoxy groups -OCH3 is 1. The summed E-state index contributed by atoms with van der Waals surface area (Å²) in [6, 6.07) is -0.395. The van der Waals surface area contributed by atoms with Gasteiger partial charge in [0, 0.05) is 18.0 Å². The molecule has 19 heavy (non-hydrogen) atoms. The van der Waals surface area contributed by atoms with Gasteiger partial charge >= 0.3 is 5.97 Å². The van der Waals surface area contributed by atoms with Gasteiger partial charge < -0.3 is 21.3 Å². The number of hydrogen-bond donors (Lipinski definition) is 3. The third-order valence-corrected chi connectivity index (χ3v) is 4.59. The molecule has 0 radical (unpaired) electrons. The molecule has 5 heteroatoms. The summed E-state index contributed by atoms with van der Waals surface area (Å²) in [4.78, 5) is 11.6. The SMILES string of the molecule is CCC(CC)CC(N)C1C(N)CC(C(=O)OC)C1O. The molecule has 5 N–H and O–H groups in total. The van der Waals surface area contributed by atoms with Crippen molar-refractivity contribution in [2.24, 2.45) is 29.2 Å². The third kappa shape index (κ3) is 3.68. The van der Waals surface area contributed by atoms with E-state index in [1.165, 1.54) is 7.11 Å². The zero-order chi connectivity index (χ0) is 14.6. The molecule has 0 bridgehead atoms. The molecule has 0 amide bonds. The van der Waals surface area contributed by atoms with Gasteiger partial charge in [-0.2, -0.15) is 0 Å². The zero-order valence-corrected chi connectivity index (χ0v) is 12.2. The highest BCUT2D eigenvalue weighted by atomic mass is 16.5. The molecule has 112 valence electrons. The van der Waals surface area contributed by atoms with Crippen LogP contribution in [0, 0.1) is 17.8 Å². The van der Waals surface area contributed by atoms with Gasteiger partial charge in [0.05, 0.1) is 19.1 Å². The van der Waals surface area contributed by atoms with Crippen molar-refractivity contribution in [3.05, 3.63) is 0 Å². The van der Waals surface area contributed by atoms with Crippen LogP contribution in [0.3, 0.4) is 0 Å². The molecule has 0 saturated heterocycles. The highest BCUT2D eigenvalue weighted by Crippen LogP contribution is 2.35. The first kappa shape index (κ1) is 16.4. The number of rotatable bonds is 6. The number of carbonyl (C=O) groups is 1. The first-order valence-corrected chi connectivity index (χ1v) is 7.23. The summed E-state index contributed by atoms with van der Waals surface area (Å²) in [5.41, 5.74) is 12.3. The van der Waals surface area contributed by atoms with E-state index in [0.717, 1.165) is 19.3 Å². The van der Waals surface area contributed by atoms with E-state index in [0.29, 0.717) is 12.3 Å². The highest BCUT2D eigenvalue weighted by molar-refractivity contribution is 5.73. The Balaban J connectivity index is 2.69. The number of esters is 1. The fraction of sp³-hybridized carbons (Fsp3) is 0.929. The molecule has 1 aliphatic carbocycles. The Bertz CT molecular complexity index is 294. The minimum Gasteiger partial charge on any atom is -0.469 e. The highest BCUT2D eigenvalue weighted by Gasteiger charge is 2.47. The van der Waals surface area contributed by atoms with Gasteiger partial charge in [0.25, 0.3) is 0 Å². The van der Waals surface area contributed by atoms with Crippen LogP contribution in [-0.4, -0.2) is 36.4 Å². The maximum absolute atomic E-state index is 11.6. The predicted molar refractivity (Wildman–Crippen MR) is 74.3 cm³/mol. The largest absolute Gasteiger partial charge is 0.469 e. The summed E-state index contributed by atoms with van der Waals surface area (Å²) < 4.78 is 4.71. The first-order chi connectivity index (χ1) is 8.96.